The fraction of sp³-hybridized carbons (Fsp3) is 1.00. The molecular weight excluding hydrogens is 648 g/mol. The van der Waals surface area contributed by atoms with Gasteiger partial charge in [0.1, 0.15) is 0 Å². The summed E-state index contributed by atoms with van der Waals surface area (Å²) in [5.74, 6) is -0.868. The maximum Gasteiger partial charge on any atom is 0.264 e. The topological polar surface area (TPSA) is 155 Å². The number of unbranched alkanes of at least 4 members (excludes halogenated alkanes) is 18. The van der Waals surface area contributed by atoms with Gasteiger partial charge in [-0.1, -0.05) is 129 Å². The van der Waals surface area contributed by atoms with Crippen molar-refractivity contribution in [3.63, 3.8) is 0 Å². The van der Waals surface area contributed by atoms with E-state index in [0.29, 0.717) is 13.2 Å². The Morgan fingerprint density at radius 2 is 0.723 bits per heavy atom. The van der Waals surface area contributed by atoms with E-state index in [9.17, 15) is 16.8 Å². The molecule has 11 nitrogen and oxygen atoms in total. The molecule has 0 spiro atoms. The quantitative estimate of drug-likeness (QED) is 0.0361. The molecule has 0 amide bonds. The van der Waals surface area contributed by atoms with E-state index in [2.05, 4.69) is 13.8 Å². The maximum atomic E-state index is 11.1. The first-order chi connectivity index (χ1) is 22.6. The molecule has 0 aromatic rings. The van der Waals surface area contributed by atoms with E-state index in [1.807, 2.05) is 0 Å². The summed E-state index contributed by atoms with van der Waals surface area (Å²) in [5.41, 5.74) is 0. The number of hydrogen-bond donors (Lipinski definition) is 2. The van der Waals surface area contributed by atoms with Crippen LogP contribution in [0.3, 0.4) is 0 Å². The first kappa shape index (κ1) is 46.6. The highest BCUT2D eigenvalue weighted by Crippen LogP contribution is 2.13. The largest absolute Gasteiger partial charge is 0.376 e. The molecule has 284 valence electrons. The van der Waals surface area contributed by atoms with E-state index in [-0.39, 0.29) is 39.3 Å². The van der Waals surface area contributed by atoms with E-state index >= 15 is 0 Å². The van der Waals surface area contributed by atoms with Gasteiger partial charge in [-0.15, -0.1) is 0 Å². The van der Waals surface area contributed by atoms with Gasteiger partial charge in [-0.3, -0.25) is 9.11 Å². The van der Waals surface area contributed by atoms with Gasteiger partial charge in [0.05, 0.1) is 37.9 Å². The minimum absolute atomic E-state index is 0.0149. The Hall–Kier alpha value is -0.380. The van der Waals surface area contributed by atoms with Gasteiger partial charge in [0.15, 0.2) is 12.6 Å². The minimum atomic E-state index is -4.11. The molecule has 0 aromatic carbocycles. The van der Waals surface area contributed by atoms with Crippen LogP contribution in [0.5, 0.6) is 0 Å². The molecule has 47 heavy (non-hydrogen) atoms. The van der Waals surface area contributed by atoms with Crippen LogP contribution in [-0.4, -0.2) is 89.7 Å². The second-order valence-electron chi connectivity index (χ2n) is 12.5. The Bertz CT molecular complexity index is 799. The molecule has 0 fully saturated rings. The van der Waals surface area contributed by atoms with Crippen LogP contribution in [0.15, 0.2) is 0 Å². The third-order valence-corrected chi connectivity index (χ3v) is 9.41. The summed E-state index contributed by atoms with van der Waals surface area (Å²) < 4.78 is 91.7. The summed E-state index contributed by atoms with van der Waals surface area (Å²) in [5, 5.41) is 0. The Labute approximate surface area is 288 Å². The van der Waals surface area contributed by atoms with Crippen LogP contribution in [-0.2, 0) is 43.9 Å². The average Bonchev–Trinajstić information content (AvgIpc) is 3.01. The van der Waals surface area contributed by atoms with Crippen molar-refractivity contribution in [1.82, 2.24) is 0 Å². The Balaban J connectivity index is 4.67. The normalized spacial score (nSPS) is 13.7. The highest BCUT2D eigenvalue weighted by Gasteiger charge is 2.20. The summed E-state index contributed by atoms with van der Waals surface area (Å²) in [4.78, 5) is 0. The van der Waals surface area contributed by atoms with Crippen LogP contribution in [0.2, 0.25) is 0 Å². The standard InChI is InChI=1S/C34H70O11S2/c1-3-5-7-9-11-13-15-17-19-21-25-41-31-33(43-27-23-29-46(35,36)37)45-34(44-28-24-30-47(38,39)40)32-42-26-22-20-18-16-14-12-10-8-6-4-2/h33-34H,3-32H2,1-2H3,(H,35,36,37)(H,38,39,40). The highest BCUT2D eigenvalue weighted by atomic mass is 32.2. The van der Waals surface area contributed by atoms with Gasteiger partial charge < -0.3 is 23.7 Å². The molecule has 13 heteroatoms. The SMILES string of the molecule is CCCCCCCCCCCCOCC(OCCCS(=O)(=O)O)OC(COCCCCCCCCCCCC)OCCCS(=O)(=O)O. The second kappa shape index (κ2) is 32.8. The van der Waals surface area contributed by atoms with Crippen LogP contribution in [0, 0.1) is 0 Å². The lowest BCUT2D eigenvalue weighted by Crippen LogP contribution is -2.34. The molecule has 0 saturated carbocycles. The van der Waals surface area contributed by atoms with Gasteiger partial charge >= 0.3 is 0 Å². The number of ether oxygens (including phenoxy) is 5. The zero-order valence-electron chi connectivity index (χ0n) is 29.8. The first-order valence-electron chi connectivity index (χ1n) is 18.5. The third-order valence-electron chi connectivity index (χ3n) is 7.80. The van der Waals surface area contributed by atoms with Crippen molar-refractivity contribution in [2.45, 2.75) is 168 Å². The molecule has 2 unspecified atom stereocenters. The summed E-state index contributed by atoms with van der Waals surface area (Å²) >= 11 is 0. The molecule has 2 atom stereocenters. The van der Waals surface area contributed by atoms with Crippen molar-refractivity contribution in [1.29, 1.82) is 0 Å². The monoisotopic (exact) mass is 718 g/mol. The first-order valence-corrected chi connectivity index (χ1v) is 21.7. The van der Waals surface area contributed by atoms with Gasteiger partial charge in [0.2, 0.25) is 0 Å². The van der Waals surface area contributed by atoms with Crippen molar-refractivity contribution >= 4 is 20.2 Å². The van der Waals surface area contributed by atoms with Crippen LogP contribution < -0.4 is 0 Å². The van der Waals surface area contributed by atoms with Gasteiger partial charge in [0.25, 0.3) is 20.2 Å². The average molecular weight is 719 g/mol. The van der Waals surface area contributed by atoms with Gasteiger partial charge in [0, 0.05) is 13.2 Å². The molecule has 0 bridgehead atoms. The summed E-state index contributed by atoms with van der Waals surface area (Å²) in [7, 11) is -8.22. The Kier molecular flexibility index (Phi) is 32.5. The second-order valence-corrected chi connectivity index (χ2v) is 15.7. The molecule has 0 aliphatic carbocycles. The van der Waals surface area contributed by atoms with Crippen LogP contribution >= 0.6 is 0 Å². The Morgan fingerprint density at radius 1 is 0.426 bits per heavy atom. The van der Waals surface area contributed by atoms with Gasteiger partial charge in [-0.25, -0.2) is 0 Å². The van der Waals surface area contributed by atoms with E-state index in [0.717, 1.165) is 25.7 Å². The lowest BCUT2D eigenvalue weighted by Gasteiger charge is -2.25. The van der Waals surface area contributed by atoms with Crippen molar-refractivity contribution in [2.75, 3.05) is 51.1 Å². The maximum absolute atomic E-state index is 11.1. The number of rotatable bonds is 38. The van der Waals surface area contributed by atoms with Crippen LogP contribution in [0.1, 0.15) is 155 Å². The molecule has 0 aromatic heterocycles. The zero-order valence-corrected chi connectivity index (χ0v) is 31.4. The van der Waals surface area contributed by atoms with Crippen molar-refractivity contribution in [3.8, 4) is 0 Å². The van der Waals surface area contributed by atoms with Crippen molar-refractivity contribution in [3.05, 3.63) is 0 Å². The van der Waals surface area contributed by atoms with Crippen LogP contribution in [0.4, 0.5) is 0 Å². The molecule has 0 aliphatic rings. The van der Waals surface area contributed by atoms with Crippen molar-refractivity contribution in [2.24, 2.45) is 0 Å². The van der Waals surface area contributed by atoms with E-state index in [1.165, 1.54) is 103 Å². The zero-order chi connectivity index (χ0) is 34.9. The molecule has 0 aliphatic heterocycles. The minimum Gasteiger partial charge on any atom is -0.376 e. The lowest BCUT2D eigenvalue weighted by atomic mass is 10.1. The summed E-state index contributed by atoms with van der Waals surface area (Å²) in [6, 6.07) is 0. The third kappa shape index (κ3) is 38.3. The summed E-state index contributed by atoms with van der Waals surface area (Å²) in [6.07, 6.45) is 22.7. The fourth-order valence-electron chi connectivity index (χ4n) is 5.08. The summed E-state index contributed by atoms with van der Waals surface area (Å²) in [6.45, 7) is 5.72. The predicted molar refractivity (Wildman–Crippen MR) is 188 cm³/mol. The highest BCUT2D eigenvalue weighted by molar-refractivity contribution is 7.86. The van der Waals surface area contributed by atoms with E-state index in [4.69, 9.17) is 32.8 Å². The fourth-order valence-corrected chi connectivity index (χ4v) is 6.04. The molecular formula is C34H70O11S2. The van der Waals surface area contributed by atoms with Gasteiger partial charge in [-0.2, -0.15) is 16.8 Å². The van der Waals surface area contributed by atoms with E-state index in [1.54, 1.807) is 0 Å². The Morgan fingerprint density at radius 3 is 1.02 bits per heavy atom. The van der Waals surface area contributed by atoms with Crippen LogP contribution in [0.25, 0.3) is 0 Å². The van der Waals surface area contributed by atoms with Gasteiger partial charge in [-0.05, 0) is 25.7 Å². The smallest absolute Gasteiger partial charge is 0.264 e. The predicted octanol–water partition coefficient (Wildman–Crippen LogP) is 8.12. The molecule has 2 N–H and O–H groups in total. The molecule has 0 heterocycles. The van der Waals surface area contributed by atoms with Crippen molar-refractivity contribution < 1.29 is 49.6 Å². The molecule has 0 saturated heterocycles. The molecule has 0 rings (SSSR count). The molecule has 0 radical (unpaired) electrons. The number of hydrogen-bond acceptors (Lipinski definition) is 9. The lowest BCUT2D eigenvalue weighted by molar-refractivity contribution is -0.270. The van der Waals surface area contributed by atoms with E-state index < -0.39 is 44.3 Å².